The lowest BCUT2D eigenvalue weighted by Gasteiger charge is -2.13. The smallest absolute Gasteiger partial charge is 0.167 e. The maximum Gasteiger partial charge on any atom is 0.167 e. The lowest BCUT2D eigenvalue weighted by atomic mass is 9.96. The molecule has 3 aromatic heterocycles. The summed E-state index contributed by atoms with van der Waals surface area (Å²) in [5.74, 6) is 1.75. The highest BCUT2D eigenvalue weighted by Gasteiger charge is 2.22. The van der Waals surface area contributed by atoms with Crippen LogP contribution in [0.25, 0.3) is 109 Å². The second-order valence-corrected chi connectivity index (χ2v) is 14.4. The number of halogens is 1. The summed E-state index contributed by atoms with van der Waals surface area (Å²) < 4.78 is 9.04. The lowest BCUT2D eigenvalue weighted by Crippen LogP contribution is -2.01. The second kappa shape index (κ2) is 10.9. The molecule has 8 aromatic carbocycles. The van der Waals surface area contributed by atoms with Crippen LogP contribution in [0.15, 0.2) is 150 Å². The Balaban J connectivity index is 1.28. The number of benzene rings is 8. The maximum atomic E-state index is 6.67. The Kier molecular flexibility index (Phi) is 6.14. The Morgan fingerprint density at radius 3 is 1.96 bits per heavy atom. The van der Waals surface area contributed by atoms with Crippen molar-refractivity contribution < 1.29 is 4.42 Å². The van der Waals surface area contributed by atoms with E-state index in [1.165, 1.54) is 20.9 Å². The Labute approximate surface area is 300 Å². The molecule has 0 fully saturated rings. The van der Waals surface area contributed by atoms with E-state index in [4.69, 9.17) is 31.0 Å². The number of hydrogen-bond acceptors (Lipinski definition) is 5. The molecule has 0 spiro atoms. The summed E-state index contributed by atoms with van der Waals surface area (Å²) >= 11 is 8.37. The number of hydrogen-bond donors (Lipinski definition) is 0. The number of para-hydroxylation sites is 1. The van der Waals surface area contributed by atoms with Gasteiger partial charge in [0.05, 0.1) is 5.56 Å². The van der Waals surface area contributed by atoms with Crippen LogP contribution in [0.2, 0.25) is 5.02 Å². The first kappa shape index (κ1) is 28.7. The lowest BCUT2D eigenvalue weighted by molar-refractivity contribution is 0.670. The molecule has 0 aliphatic rings. The fourth-order valence-corrected chi connectivity index (χ4v) is 9.06. The minimum absolute atomic E-state index is 0.538. The van der Waals surface area contributed by atoms with Crippen molar-refractivity contribution in [3.05, 3.63) is 151 Å². The number of aromatic nitrogens is 3. The van der Waals surface area contributed by atoms with Crippen LogP contribution in [-0.4, -0.2) is 15.0 Å². The fourth-order valence-electron chi connectivity index (χ4n) is 7.67. The highest BCUT2D eigenvalue weighted by molar-refractivity contribution is 7.26. The van der Waals surface area contributed by atoms with Crippen molar-refractivity contribution in [3.63, 3.8) is 0 Å². The summed E-state index contributed by atoms with van der Waals surface area (Å²) in [6.07, 6.45) is 0. The van der Waals surface area contributed by atoms with Gasteiger partial charge < -0.3 is 4.42 Å². The van der Waals surface area contributed by atoms with E-state index in [1.54, 1.807) is 11.3 Å². The molecule has 0 bridgehead atoms. The van der Waals surface area contributed by atoms with Gasteiger partial charge in [-0.15, -0.1) is 11.3 Å². The molecule has 238 valence electrons. The third kappa shape index (κ3) is 4.35. The van der Waals surface area contributed by atoms with Crippen LogP contribution < -0.4 is 0 Å². The van der Waals surface area contributed by atoms with Gasteiger partial charge in [0, 0.05) is 47.1 Å². The SMILES string of the molecule is Clc1ccc2c(c1)cc(-c1nc(-c3cc4ccccc4c4ccccc34)nc(-c3cccc4c3sc3ccccc34)n1)c1oc3ccccc3c12. The highest BCUT2D eigenvalue weighted by Crippen LogP contribution is 2.44. The molecule has 0 saturated heterocycles. The fraction of sp³-hybridized carbons (Fsp3) is 0. The van der Waals surface area contributed by atoms with E-state index < -0.39 is 0 Å². The molecule has 0 radical (unpaired) electrons. The van der Waals surface area contributed by atoms with Crippen molar-refractivity contribution in [2.45, 2.75) is 0 Å². The number of fused-ring (bicyclic) bond motifs is 11. The standard InChI is InChI=1S/C45H24ClN3OS/c46-27-20-21-29-26(22-27)24-37(41-40(29)34-15-5-7-18-38(34)50-41)45-48-43(35-17-9-16-33-32-14-6-8-19-39(32)51-42(33)35)47-44(49-45)36-23-25-10-1-2-11-28(25)30-12-3-4-13-31(30)36/h1-24H. The first-order valence-electron chi connectivity index (χ1n) is 16.8. The third-order valence-corrected chi connectivity index (χ3v) is 11.4. The molecule has 0 unspecified atom stereocenters. The topological polar surface area (TPSA) is 51.8 Å². The zero-order valence-corrected chi connectivity index (χ0v) is 28.5. The average molecular weight is 690 g/mol. The maximum absolute atomic E-state index is 6.67. The predicted molar refractivity (Wildman–Crippen MR) is 214 cm³/mol. The van der Waals surface area contributed by atoms with Gasteiger partial charge in [-0.3, -0.25) is 0 Å². The zero-order chi connectivity index (χ0) is 33.6. The Bertz CT molecular complexity index is 3230. The number of furan rings is 1. The summed E-state index contributed by atoms with van der Waals surface area (Å²) in [7, 11) is 0. The van der Waals surface area contributed by atoms with Crippen LogP contribution in [0.4, 0.5) is 0 Å². The molecule has 6 heteroatoms. The van der Waals surface area contributed by atoms with E-state index in [1.807, 2.05) is 30.3 Å². The van der Waals surface area contributed by atoms with Crippen LogP contribution in [0.3, 0.4) is 0 Å². The Hall–Kier alpha value is -6.14. The predicted octanol–water partition coefficient (Wildman–Crippen LogP) is 13.3. The van der Waals surface area contributed by atoms with Gasteiger partial charge in [-0.25, -0.2) is 15.0 Å². The van der Waals surface area contributed by atoms with Crippen molar-refractivity contribution in [1.29, 1.82) is 0 Å². The molecule has 0 saturated carbocycles. The van der Waals surface area contributed by atoms with Crippen LogP contribution in [0.5, 0.6) is 0 Å². The molecule has 51 heavy (non-hydrogen) atoms. The molecule has 4 nitrogen and oxygen atoms in total. The third-order valence-electron chi connectivity index (χ3n) is 9.95. The zero-order valence-electron chi connectivity index (χ0n) is 26.9. The van der Waals surface area contributed by atoms with Gasteiger partial charge >= 0.3 is 0 Å². The molecule has 11 rings (SSSR count). The Morgan fingerprint density at radius 2 is 1.10 bits per heavy atom. The van der Waals surface area contributed by atoms with Gasteiger partial charge in [0.2, 0.25) is 0 Å². The molecule has 0 aliphatic heterocycles. The van der Waals surface area contributed by atoms with E-state index in [0.29, 0.717) is 22.5 Å². The molecule has 0 N–H and O–H groups in total. The first-order chi connectivity index (χ1) is 25.2. The van der Waals surface area contributed by atoms with Gasteiger partial charge in [-0.05, 0) is 74.8 Å². The number of nitrogens with zero attached hydrogens (tertiary/aromatic N) is 3. The average Bonchev–Trinajstić information content (AvgIpc) is 3.76. The second-order valence-electron chi connectivity index (χ2n) is 12.9. The van der Waals surface area contributed by atoms with Crippen molar-refractivity contribution in [3.8, 4) is 34.2 Å². The normalized spacial score (nSPS) is 12.0. The summed E-state index contributed by atoms with van der Waals surface area (Å²) in [4.78, 5) is 15.9. The molecule has 0 amide bonds. The molecule has 3 heterocycles. The van der Waals surface area contributed by atoms with E-state index >= 15 is 0 Å². The minimum atomic E-state index is 0.538. The quantitative estimate of drug-likeness (QED) is 0.173. The minimum Gasteiger partial charge on any atom is -0.455 e. The summed E-state index contributed by atoms with van der Waals surface area (Å²) in [6, 6.07) is 50.4. The summed E-state index contributed by atoms with van der Waals surface area (Å²) in [6.45, 7) is 0. The van der Waals surface area contributed by atoms with E-state index in [-0.39, 0.29) is 0 Å². The molecule has 0 atom stereocenters. The van der Waals surface area contributed by atoms with Crippen LogP contribution in [0, 0.1) is 0 Å². The molecule has 0 aliphatic carbocycles. The van der Waals surface area contributed by atoms with Gasteiger partial charge in [0.25, 0.3) is 0 Å². The highest BCUT2D eigenvalue weighted by atomic mass is 35.5. The van der Waals surface area contributed by atoms with Crippen LogP contribution in [-0.2, 0) is 0 Å². The summed E-state index contributed by atoms with van der Waals surface area (Å²) in [5.41, 5.74) is 4.24. The van der Waals surface area contributed by atoms with E-state index in [9.17, 15) is 0 Å². The van der Waals surface area contributed by atoms with Crippen molar-refractivity contribution in [2.24, 2.45) is 0 Å². The molecular weight excluding hydrogens is 666 g/mol. The van der Waals surface area contributed by atoms with Crippen molar-refractivity contribution in [1.82, 2.24) is 15.0 Å². The monoisotopic (exact) mass is 689 g/mol. The van der Waals surface area contributed by atoms with Crippen LogP contribution in [0.1, 0.15) is 0 Å². The van der Waals surface area contributed by atoms with Crippen molar-refractivity contribution >= 4 is 97.4 Å². The van der Waals surface area contributed by atoms with Crippen LogP contribution >= 0.6 is 22.9 Å². The first-order valence-corrected chi connectivity index (χ1v) is 18.0. The van der Waals surface area contributed by atoms with Crippen molar-refractivity contribution in [2.75, 3.05) is 0 Å². The summed E-state index contributed by atoms with van der Waals surface area (Å²) in [5, 5.41) is 11.7. The van der Waals surface area contributed by atoms with Gasteiger partial charge in [-0.2, -0.15) is 0 Å². The number of rotatable bonds is 3. The Morgan fingerprint density at radius 1 is 0.451 bits per heavy atom. The number of thiophene rings is 1. The largest absolute Gasteiger partial charge is 0.455 e. The van der Waals surface area contributed by atoms with Gasteiger partial charge in [0.1, 0.15) is 11.2 Å². The molecule has 11 aromatic rings. The molecular formula is C45H24ClN3OS. The van der Waals surface area contributed by atoms with E-state index in [2.05, 4.69) is 115 Å². The van der Waals surface area contributed by atoms with Gasteiger partial charge in [-0.1, -0.05) is 115 Å². The van der Waals surface area contributed by atoms with Gasteiger partial charge in [0.15, 0.2) is 17.5 Å². The van der Waals surface area contributed by atoms with E-state index in [0.717, 1.165) is 70.3 Å².